The summed E-state index contributed by atoms with van der Waals surface area (Å²) in [5, 5.41) is 38.1. The van der Waals surface area contributed by atoms with Crippen molar-refractivity contribution in [1.82, 2.24) is 80.1 Å². The van der Waals surface area contributed by atoms with Crippen LogP contribution in [0.25, 0.3) is 5.69 Å². The quantitative estimate of drug-likeness (QED) is 0.174. The van der Waals surface area contributed by atoms with E-state index in [1.165, 1.54) is 11.1 Å². The van der Waals surface area contributed by atoms with Crippen LogP contribution >= 0.6 is 0 Å². The number of nitrogens with one attached hydrogen (secondary N) is 1. The second kappa shape index (κ2) is 22.5. The van der Waals surface area contributed by atoms with Gasteiger partial charge in [-0.15, -0.1) is 15.3 Å². The van der Waals surface area contributed by atoms with E-state index in [0.717, 1.165) is 47.8 Å². The number of aromatic amines is 1. The lowest BCUT2D eigenvalue weighted by Crippen LogP contribution is -2.20. The zero-order chi connectivity index (χ0) is 48.8. The van der Waals surface area contributed by atoms with Gasteiger partial charge in [-0.2, -0.15) is 25.3 Å². The molecule has 0 spiro atoms. The Kier molecular flexibility index (Phi) is 17.7. The normalized spacial score (nSPS) is 11.8. The fourth-order valence-electron chi connectivity index (χ4n) is 6.21. The Morgan fingerprint density at radius 3 is 1.52 bits per heavy atom. The molecule has 1 N–H and O–H groups in total. The molecule has 0 aliphatic heterocycles. The number of tetrazole rings is 2. The number of rotatable bonds is 5. The molecule has 0 unspecified atom stereocenters. The fourth-order valence-corrected chi connectivity index (χ4v) is 6.21. The molecule has 352 valence electrons. The van der Waals surface area contributed by atoms with Crippen LogP contribution in [0.1, 0.15) is 144 Å². The van der Waals surface area contributed by atoms with E-state index in [9.17, 15) is 0 Å². The van der Waals surface area contributed by atoms with Crippen LogP contribution in [0.2, 0.25) is 0 Å². The largest absolute Gasteiger partial charge is 0.330 e. The van der Waals surface area contributed by atoms with Gasteiger partial charge < -0.3 is 4.57 Å². The van der Waals surface area contributed by atoms with Crippen molar-refractivity contribution in [1.29, 1.82) is 0 Å². The summed E-state index contributed by atoms with van der Waals surface area (Å²) in [6.45, 7) is 33.4. The molecule has 3 aromatic carbocycles. The number of H-pyrrole nitrogens is 1. The van der Waals surface area contributed by atoms with Crippen LogP contribution in [0, 0.1) is 0 Å². The van der Waals surface area contributed by atoms with Gasteiger partial charge in [-0.05, 0) is 33.7 Å². The SMILES string of the molecule is CC(C)(C)c1cnn(-c2ccccc2)n1.CC(C)(C)c1nccn1Cc1ccccc1.CC(C)(C)c1nn[nH]n1.CC(C)(C)c1nnnn1Cc1ccccc1.Cn1ncnc1C(C)(C)C. The molecule has 0 saturated carbocycles. The molecular formula is C50H72N16. The maximum atomic E-state index is 4.46. The maximum Gasteiger partial charge on any atom is 0.179 e. The highest BCUT2D eigenvalue weighted by molar-refractivity contribution is 5.29. The topological polar surface area (TPSA) is 177 Å². The molecule has 0 amide bonds. The van der Waals surface area contributed by atoms with Crippen LogP contribution in [-0.4, -0.2) is 80.1 Å². The van der Waals surface area contributed by atoms with Crippen molar-refractivity contribution in [2.75, 3.05) is 0 Å². The molecule has 0 atom stereocenters. The Balaban J connectivity index is 0.000000184. The highest BCUT2D eigenvalue weighted by atomic mass is 15.5. The summed E-state index contributed by atoms with van der Waals surface area (Å²) in [7, 11) is 1.91. The molecular weight excluding hydrogens is 825 g/mol. The summed E-state index contributed by atoms with van der Waals surface area (Å²) in [5.41, 5.74) is 4.74. The van der Waals surface area contributed by atoms with Crippen molar-refractivity contribution < 1.29 is 0 Å². The van der Waals surface area contributed by atoms with Crippen LogP contribution in [0.15, 0.2) is 116 Å². The summed E-state index contributed by atoms with van der Waals surface area (Å²) in [4.78, 5) is 10.3. The predicted octanol–water partition coefficient (Wildman–Crippen LogP) is 9.42. The average molecular weight is 897 g/mol. The molecule has 5 heterocycles. The van der Waals surface area contributed by atoms with Gasteiger partial charge in [0, 0.05) is 53.1 Å². The highest BCUT2D eigenvalue weighted by Crippen LogP contribution is 2.23. The minimum absolute atomic E-state index is 0.00694. The van der Waals surface area contributed by atoms with E-state index in [1.807, 2.05) is 106 Å². The van der Waals surface area contributed by atoms with Crippen molar-refractivity contribution >= 4 is 0 Å². The third kappa shape index (κ3) is 16.4. The maximum absolute atomic E-state index is 4.46. The first kappa shape index (κ1) is 51.9. The van der Waals surface area contributed by atoms with Crippen LogP contribution in [-0.2, 0) is 47.2 Å². The lowest BCUT2D eigenvalue weighted by atomic mass is 9.93. The Morgan fingerprint density at radius 1 is 0.545 bits per heavy atom. The number of benzene rings is 3. The highest BCUT2D eigenvalue weighted by Gasteiger charge is 2.23. The number of hydrogen-bond donors (Lipinski definition) is 1. The molecule has 0 fully saturated rings. The number of nitrogens with zero attached hydrogens (tertiary/aromatic N) is 15. The van der Waals surface area contributed by atoms with Gasteiger partial charge in [-0.3, -0.25) is 4.68 Å². The predicted molar refractivity (Wildman–Crippen MR) is 261 cm³/mol. The number of para-hydroxylation sites is 1. The van der Waals surface area contributed by atoms with Crippen molar-refractivity contribution in [3.63, 3.8) is 0 Å². The smallest absolute Gasteiger partial charge is 0.179 e. The number of aryl methyl sites for hydroxylation is 1. The Hall–Kier alpha value is -6.71. The Labute approximate surface area is 391 Å². The summed E-state index contributed by atoms with van der Waals surface area (Å²) < 4.78 is 5.88. The number of hydrogen-bond acceptors (Lipinski definition) is 11. The van der Waals surface area contributed by atoms with Crippen LogP contribution in [0.3, 0.4) is 0 Å². The van der Waals surface area contributed by atoms with Crippen LogP contribution in [0.5, 0.6) is 0 Å². The van der Waals surface area contributed by atoms with E-state index >= 15 is 0 Å². The second-order valence-electron chi connectivity index (χ2n) is 21.1. The van der Waals surface area contributed by atoms with Gasteiger partial charge in [0.2, 0.25) is 0 Å². The van der Waals surface area contributed by atoms with Gasteiger partial charge in [0.05, 0.1) is 24.1 Å². The summed E-state index contributed by atoms with van der Waals surface area (Å²) in [5.74, 6) is 3.82. The lowest BCUT2D eigenvalue weighted by Gasteiger charge is -2.19. The fraction of sp³-hybridized carbons (Fsp3) is 0.460. The molecule has 8 aromatic rings. The number of imidazole rings is 1. The molecule has 5 aromatic heterocycles. The third-order valence-corrected chi connectivity index (χ3v) is 9.61. The molecule has 66 heavy (non-hydrogen) atoms. The van der Waals surface area contributed by atoms with E-state index in [4.69, 9.17) is 0 Å². The van der Waals surface area contributed by atoms with E-state index in [0.29, 0.717) is 0 Å². The monoisotopic (exact) mass is 897 g/mol. The van der Waals surface area contributed by atoms with E-state index < -0.39 is 0 Å². The molecule has 0 radical (unpaired) electrons. The molecule has 0 aliphatic rings. The van der Waals surface area contributed by atoms with Gasteiger partial charge >= 0.3 is 0 Å². The molecule has 0 aliphatic carbocycles. The van der Waals surface area contributed by atoms with Crippen molar-refractivity contribution in [2.24, 2.45) is 7.05 Å². The van der Waals surface area contributed by atoms with Crippen molar-refractivity contribution in [3.8, 4) is 5.69 Å². The first-order valence-corrected chi connectivity index (χ1v) is 22.3. The summed E-state index contributed by atoms with van der Waals surface area (Å²) in [6.07, 6.45) is 7.34. The first-order chi connectivity index (χ1) is 30.8. The number of aromatic nitrogens is 16. The molecule has 0 bridgehead atoms. The van der Waals surface area contributed by atoms with Crippen molar-refractivity contribution in [2.45, 2.75) is 144 Å². The zero-order valence-corrected chi connectivity index (χ0v) is 42.1. The van der Waals surface area contributed by atoms with Gasteiger partial charge in [-0.25, -0.2) is 14.6 Å². The molecule has 0 saturated heterocycles. The summed E-state index contributed by atoms with van der Waals surface area (Å²) >= 11 is 0. The average Bonchev–Trinajstić information content (AvgIpc) is 4.09. The van der Waals surface area contributed by atoms with E-state index in [1.54, 1.807) is 15.8 Å². The van der Waals surface area contributed by atoms with E-state index in [-0.39, 0.29) is 27.1 Å². The Bertz CT molecular complexity index is 2460. The Morgan fingerprint density at radius 2 is 1.09 bits per heavy atom. The molecule has 16 nitrogen and oxygen atoms in total. The van der Waals surface area contributed by atoms with Crippen molar-refractivity contribution in [3.05, 3.63) is 156 Å². The standard InChI is InChI=1S/C14H18N2.C12H16N4.C12H15N3.C7H13N3.C5H10N4/c1-14(2,3)13-15-9-10-16(13)11-12-7-5-4-6-8-12;1-12(2,3)11-13-14-15-16(11)9-10-7-5-4-6-8-10;1-12(2,3)11-9-13-15(14-11)10-7-5-4-6-8-10;1-7(2,3)6-8-5-9-10(6)4;1-5(2,3)4-6-8-9-7-4/h4-10H,11H2,1-3H3;4-8H,9H2,1-3H3;4-9H,1-3H3;5H,1-4H3;1-3H3,(H,6,7,8,9). The molecule has 16 heteroatoms. The first-order valence-electron chi connectivity index (χ1n) is 22.3. The van der Waals surface area contributed by atoms with E-state index in [2.05, 4.69) is 185 Å². The van der Waals surface area contributed by atoms with Gasteiger partial charge in [-0.1, -0.05) is 188 Å². The summed E-state index contributed by atoms with van der Waals surface area (Å²) in [6, 6.07) is 30.6. The van der Waals surface area contributed by atoms with Gasteiger partial charge in [0.1, 0.15) is 18.0 Å². The van der Waals surface area contributed by atoms with Crippen LogP contribution in [0.4, 0.5) is 0 Å². The zero-order valence-electron chi connectivity index (χ0n) is 42.1. The van der Waals surface area contributed by atoms with Gasteiger partial charge in [0.25, 0.3) is 0 Å². The minimum Gasteiger partial charge on any atom is -0.330 e. The van der Waals surface area contributed by atoms with Gasteiger partial charge in [0.15, 0.2) is 11.6 Å². The molecule has 8 rings (SSSR count). The lowest BCUT2D eigenvalue weighted by molar-refractivity contribution is 0.490. The third-order valence-electron chi connectivity index (χ3n) is 9.61. The second-order valence-corrected chi connectivity index (χ2v) is 21.1. The minimum atomic E-state index is -0.0295. The van der Waals surface area contributed by atoms with Crippen LogP contribution < -0.4 is 0 Å².